The van der Waals surface area contributed by atoms with E-state index >= 15 is 0 Å². The molecule has 0 spiro atoms. The van der Waals surface area contributed by atoms with Gasteiger partial charge in [0.2, 0.25) is 0 Å². The Balaban J connectivity index is 5.67. The van der Waals surface area contributed by atoms with Gasteiger partial charge in [0, 0.05) is 0 Å². The smallest absolute Gasteiger partial charge is 0.265 e. The number of hydrogen-bond acceptors (Lipinski definition) is 1. The van der Waals surface area contributed by atoms with Gasteiger partial charge < -0.3 is 0 Å². The fourth-order valence-corrected chi connectivity index (χ4v) is 0.642. The third-order valence-electron chi connectivity index (χ3n) is 1.67. The Kier molecular flexibility index (Phi) is 4.58. The largest absolute Gasteiger partial charge is 0.462 e. The molecule has 0 aromatic carbocycles. The molecular formula is C6HF13O. The van der Waals surface area contributed by atoms with Crippen molar-refractivity contribution >= 4 is 0 Å². The molecule has 0 aliphatic heterocycles. The van der Waals surface area contributed by atoms with Crippen LogP contribution in [0.4, 0.5) is 57.1 Å². The summed E-state index contributed by atoms with van der Waals surface area (Å²) in [4.78, 5) is 0. The van der Waals surface area contributed by atoms with Crippen molar-refractivity contribution in [1.29, 1.82) is 0 Å². The van der Waals surface area contributed by atoms with Crippen LogP contribution in [-0.2, 0) is 4.74 Å². The average Bonchev–Trinajstić information content (AvgIpc) is 2.12. The number of halogens is 13. The van der Waals surface area contributed by atoms with Crippen LogP contribution in [0.2, 0.25) is 0 Å². The minimum Gasteiger partial charge on any atom is -0.265 e. The van der Waals surface area contributed by atoms with E-state index in [1.807, 2.05) is 0 Å². The van der Waals surface area contributed by atoms with Crippen molar-refractivity contribution < 1.29 is 61.8 Å². The molecule has 0 aromatic rings. The highest BCUT2D eigenvalue weighted by molar-refractivity contribution is 4.90. The minimum atomic E-state index is -7.34. The Bertz CT molecular complexity index is 340. The number of alkyl halides is 13. The lowest BCUT2D eigenvalue weighted by Gasteiger charge is -2.34. The molecule has 0 bridgehead atoms. The summed E-state index contributed by atoms with van der Waals surface area (Å²) in [7, 11) is 0. The van der Waals surface area contributed by atoms with Crippen LogP contribution in [-0.4, -0.2) is 36.7 Å². The topological polar surface area (TPSA) is 9.23 Å². The van der Waals surface area contributed by atoms with Crippen molar-refractivity contribution in [3.63, 3.8) is 0 Å². The van der Waals surface area contributed by atoms with E-state index in [4.69, 9.17) is 0 Å². The van der Waals surface area contributed by atoms with E-state index in [-0.39, 0.29) is 0 Å². The maximum absolute atomic E-state index is 12.6. The molecule has 0 rings (SSSR count). The Hall–Kier alpha value is -0.950. The standard InChI is InChI=1S/C6HF13O/c7-1(8)2(9,4(12,13)14)20-6(18,19)3(10,11)5(15,16)17/h1H. The van der Waals surface area contributed by atoms with Crippen LogP contribution in [0.5, 0.6) is 0 Å². The van der Waals surface area contributed by atoms with Crippen LogP contribution in [0.25, 0.3) is 0 Å². The van der Waals surface area contributed by atoms with Crippen molar-refractivity contribution in [2.45, 2.75) is 36.7 Å². The molecule has 0 saturated heterocycles. The number of ether oxygens (including phenoxy) is 1. The highest BCUT2D eigenvalue weighted by atomic mass is 19.4. The normalized spacial score (nSPS) is 18.3. The molecule has 0 fully saturated rings. The average molecular weight is 336 g/mol. The zero-order valence-electron chi connectivity index (χ0n) is 8.40. The fraction of sp³-hybridized carbons (Fsp3) is 1.00. The van der Waals surface area contributed by atoms with E-state index in [2.05, 4.69) is 0 Å². The van der Waals surface area contributed by atoms with Gasteiger partial charge in [-0.1, -0.05) is 0 Å². The lowest BCUT2D eigenvalue weighted by molar-refractivity contribution is -0.495. The van der Waals surface area contributed by atoms with Crippen LogP contribution >= 0.6 is 0 Å². The Labute approximate surface area is 99.8 Å². The van der Waals surface area contributed by atoms with Crippen molar-refractivity contribution in [3.05, 3.63) is 0 Å². The van der Waals surface area contributed by atoms with Gasteiger partial charge in [-0.15, -0.1) is 0 Å². The fourth-order valence-electron chi connectivity index (χ4n) is 0.642. The summed E-state index contributed by atoms with van der Waals surface area (Å²) in [6, 6.07) is 0. The second kappa shape index (κ2) is 4.80. The monoisotopic (exact) mass is 336 g/mol. The molecule has 14 heteroatoms. The van der Waals surface area contributed by atoms with Gasteiger partial charge in [0.05, 0.1) is 0 Å². The first kappa shape index (κ1) is 19.1. The van der Waals surface area contributed by atoms with Gasteiger partial charge in [0.25, 0.3) is 0 Å². The third-order valence-corrected chi connectivity index (χ3v) is 1.67. The zero-order chi connectivity index (χ0) is 16.8. The molecule has 0 amide bonds. The van der Waals surface area contributed by atoms with E-state index in [0.717, 1.165) is 0 Å². The number of hydrogen-bond donors (Lipinski definition) is 0. The van der Waals surface area contributed by atoms with Crippen LogP contribution in [0.1, 0.15) is 0 Å². The minimum absolute atomic E-state index is 1.50. The predicted molar refractivity (Wildman–Crippen MR) is 32.9 cm³/mol. The Morgan fingerprint density at radius 3 is 1.15 bits per heavy atom. The molecule has 0 N–H and O–H groups in total. The first-order valence-electron chi connectivity index (χ1n) is 3.96. The van der Waals surface area contributed by atoms with Crippen LogP contribution in [0.15, 0.2) is 0 Å². The molecule has 0 aromatic heterocycles. The predicted octanol–water partition coefficient (Wildman–Crippen LogP) is 4.29. The summed E-state index contributed by atoms with van der Waals surface area (Å²) in [5.41, 5.74) is 0. The van der Waals surface area contributed by atoms with Crippen molar-refractivity contribution in [1.82, 2.24) is 0 Å². The van der Waals surface area contributed by atoms with Crippen LogP contribution in [0.3, 0.4) is 0 Å². The van der Waals surface area contributed by atoms with E-state index in [1.54, 1.807) is 0 Å². The SMILES string of the molecule is FC(F)C(F)(OC(F)(F)C(F)(F)C(F)(F)F)C(F)(F)F. The summed E-state index contributed by atoms with van der Waals surface area (Å²) in [6.45, 7) is 0. The summed E-state index contributed by atoms with van der Waals surface area (Å²) >= 11 is 0. The summed E-state index contributed by atoms with van der Waals surface area (Å²) in [5, 5.41) is 0. The molecule has 0 radical (unpaired) electrons. The summed E-state index contributed by atoms with van der Waals surface area (Å²) in [6.07, 6.45) is -26.9. The zero-order valence-corrected chi connectivity index (χ0v) is 8.40. The molecule has 1 nitrogen and oxygen atoms in total. The molecular weight excluding hydrogens is 335 g/mol. The molecule has 1 unspecified atom stereocenters. The van der Waals surface area contributed by atoms with E-state index in [0.29, 0.717) is 0 Å². The van der Waals surface area contributed by atoms with Crippen LogP contribution in [0, 0.1) is 0 Å². The second-order valence-electron chi connectivity index (χ2n) is 3.13. The van der Waals surface area contributed by atoms with Gasteiger partial charge in [-0.3, -0.25) is 4.74 Å². The lowest BCUT2D eigenvalue weighted by Crippen LogP contribution is -2.61. The summed E-state index contributed by atoms with van der Waals surface area (Å²) < 4.78 is 156. The van der Waals surface area contributed by atoms with Crippen LogP contribution < -0.4 is 0 Å². The van der Waals surface area contributed by atoms with Crippen molar-refractivity contribution in [2.75, 3.05) is 0 Å². The molecule has 0 aliphatic rings. The van der Waals surface area contributed by atoms with Crippen molar-refractivity contribution in [2.24, 2.45) is 0 Å². The molecule has 0 heterocycles. The highest BCUT2D eigenvalue weighted by Crippen LogP contribution is 2.52. The van der Waals surface area contributed by atoms with Gasteiger partial charge in [-0.05, 0) is 0 Å². The second-order valence-corrected chi connectivity index (χ2v) is 3.13. The van der Waals surface area contributed by atoms with Gasteiger partial charge >= 0.3 is 36.7 Å². The third kappa shape index (κ3) is 3.03. The van der Waals surface area contributed by atoms with E-state index in [9.17, 15) is 57.1 Å². The van der Waals surface area contributed by atoms with Crippen molar-refractivity contribution in [3.8, 4) is 0 Å². The Morgan fingerprint density at radius 2 is 0.950 bits per heavy atom. The first-order valence-corrected chi connectivity index (χ1v) is 3.96. The molecule has 0 saturated carbocycles. The van der Waals surface area contributed by atoms with Gasteiger partial charge in [-0.2, -0.15) is 48.3 Å². The van der Waals surface area contributed by atoms with E-state index in [1.165, 1.54) is 4.74 Å². The highest BCUT2D eigenvalue weighted by Gasteiger charge is 2.79. The Morgan fingerprint density at radius 1 is 0.600 bits per heavy atom. The molecule has 0 aliphatic carbocycles. The quantitative estimate of drug-likeness (QED) is 0.696. The number of rotatable bonds is 4. The molecule has 1 atom stereocenters. The van der Waals surface area contributed by atoms with Gasteiger partial charge in [-0.25, -0.2) is 8.78 Å². The summed E-state index contributed by atoms with van der Waals surface area (Å²) in [5.74, 6) is -14.1. The maximum Gasteiger partial charge on any atom is 0.462 e. The lowest BCUT2D eigenvalue weighted by atomic mass is 10.2. The van der Waals surface area contributed by atoms with Gasteiger partial charge in [0.15, 0.2) is 0 Å². The van der Waals surface area contributed by atoms with Gasteiger partial charge in [0.1, 0.15) is 0 Å². The first-order chi connectivity index (χ1) is 8.40. The maximum atomic E-state index is 12.6. The molecule has 122 valence electrons. The van der Waals surface area contributed by atoms with E-state index < -0.39 is 36.7 Å². The molecule has 20 heavy (non-hydrogen) atoms.